The van der Waals surface area contributed by atoms with Gasteiger partial charge in [-0.2, -0.15) is 0 Å². The second kappa shape index (κ2) is 4.75. The van der Waals surface area contributed by atoms with E-state index in [0.717, 1.165) is 12.0 Å². The molecule has 2 rings (SSSR count). The molecular weight excluding hydrogens is 194 g/mol. The van der Waals surface area contributed by atoms with Crippen LogP contribution in [0.1, 0.15) is 23.6 Å². The van der Waals surface area contributed by atoms with Crippen LogP contribution in [0, 0.1) is 0 Å². The zero-order valence-electron chi connectivity index (χ0n) is 9.48. The zero-order chi connectivity index (χ0) is 11.4. The van der Waals surface area contributed by atoms with Gasteiger partial charge < -0.3 is 0 Å². The molecule has 0 aliphatic carbocycles. The van der Waals surface area contributed by atoms with Gasteiger partial charge in [0.05, 0.1) is 0 Å². The summed E-state index contributed by atoms with van der Waals surface area (Å²) in [6.45, 7) is 5.95. The lowest BCUT2D eigenvalue weighted by Crippen LogP contribution is -1.89. The van der Waals surface area contributed by atoms with E-state index in [1.54, 1.807) is 6.20 Å². The number of aromatic nitrogens is 1. The summed E-state index contributed by atoms with van der Waals surface area (Å²) < 4.78 is 0. The van der Waals surface area contributed by atoms with Crippen molar-refractivity contribution in [2.75, 3.05) is 0 Å². The van der Waals surface area contributed by atoms with Crippen LogP contribution in [-0.2, 0) is 6.42 Å². The fourth-order valence-corrected chi connectivity index (χ4v) is 1.65. The van der Waals surface area contributed by atoms with Crippen LogP contribution >= 0.6 is 0 Å². The summed E-state index contributed by atoms with van der Waals surface area (Å²) >= 11 is 0. The van der Waals surface area contributed by atoms with E-state index in [4.69, 9.17) is 0 Å². The van der Waals surface area contributed by atoms with E-state index in [0.29, 0.717) is 0 Å². The lowest BCUT2D eigenvalue weighted by Gasteiger charge is -2.03. The zero-order valence-corrected chi connectivity index (χ0v) is 9.48. The predicted octanol–water partition coefficient (Wildman–Crippen LogP) is 3.71. The number of allylic oxidation sites excluding steroid dienone is 1. The molecule has 16 heavy (non-hydrogen) atoms. The summed E-state index contributed by atoms with van der Waals surface area (Å²) in [5.74, 6) is 0. The molecule has 1 aromatic carbocycles. The Labute approximate surface area is 96.5 Å². The predicted molar refractivity (Wildman–Crippen MR) is 68.2 cm³/mol. The van der Waals surface area contributed by atoms with Gasteiger partial charge in [0.15, 0.2) is 0 Å². The van der Waals surface area contributed by atoms with E-state index < -0.39 is 0 Å². The lowest BCUT2D eigenvalue weighted by molar-refractivity contribution is 1.14. The van der Waals surface area contributed by atoms with Crippen LogP contribution in [0.4, 0.5) is 0 Å². The highest BCUT2D eigenvalue weighted by Gasteiger charge is 1.97. The average molecular weight is 209 g/mol. The Hall–Kier alpha value is -1.89. The van der Waals surface area contributed by atoms with E-state index in [2.05, 4.69) is 41.9 Å². The van der Waals surface area contributed by atoms with E-state index in [1.807, 2.05) is 19.2 Å². The normalized spacial score (nSPS) is 10.1. The van der Waals surface area contributed by atoms with E-state index in [-0.39, 0.29) is 0 Å². The molecule has 0 bridgehead atoms. The average Bonchev–Trinajstić information content (AvgIpc) is 2.31. The second-order valence-electron chi connectivity index (χ2n) is 4.02. The van der Waals surface area contributed by atoms with Crippen molar-refractivity contribution in [2.45, 2.75) is 13.3 Å². The van der Waals surface area contributed by atoms with Crippen LogP contribution in [0.3, 0.4) is 0 Å². The number of hydrogen-bond donors (Lipinski definition) is 0. The van der Waals surface area contributed by atoms with Gasteiger partial charge in [0.2, 0.25) is 0 Å². The van der Waals surface area contributed by atoms with Gasteiger partial charge >= 0.3 is 0 Å². The van der Waals surface area contributed by atoms with Crippen molar-refractivity contribution in [1.82, 2.24) is 4.98 Å². The van der Waals surface area contributed by atoms with Crippen LogP contribution in [0.15, 0.2) is 55.4 Å². The minimum atomic E-state index is 0.935. The molecule has 0 aliphatic heterocycles. The maximum atomic E-state index is 4.11. The van der Waals surface area contributed by atoms with Gasteiger partial charge in [-0.3, -0.25) is 4.98 Å². The number of rotatable bonds is 3. The first-order valence-electron chi connectivity index (χ1n) is 5.39. The van der Waals surface area contributed by atoms with Crippen LogP contribution in [0.5, 0.6) is 0 Å². The molecule has 0 atom stereocenters. The molecule has 2 aromatic rings. The van der Waals surface area contributed by atoms with E-state index in [1.165, 1.54) is 16.7 Å². The summed E-state index contributed by atoms with van der Waals surface area (Å²) in [7, 11) is 0. The summed E-state index contributed by atoms with van der Waals surface area (Å²) in [4.78, 5) is 4.11. The fourth-order valence-electron chi connectivity index (χ4n) is 1.65. The molecule has 0 fully saturated rings. The first-order chi connectivity index (χ1) is 7.75. The monoisotopic (exact) mass is 209 g/mol. The molecule has 0 saturated carbocycles. The summed E-state index contributed by atoms with van der Waals surface area (Å²) in [5.41, 5.74) is 4.85. The molecule has 1 aromatic heterocycles. The van der Waals surface area contributed by atoms with Crippen molar-refractivity contribution in [1.29, 1.82) is 0 Å². The number of benzene rings is 1. The minimum Gasteiger partial charge on any atom is -0.264 e. The number of pyridine rings is 1. The smallest absolute Gasteiger partial charge is 0.0303 e. The highest BCUT2D eigenvalue weighted by molar-refractivity contribution is 5.61. The van der Waals surface area contributed by atoms with Crippen LogP contribution in [-0.4, -0.2) is 4.98 Å². The molecule has 0 N–H and O–H groups in total. The number of nitrogens with zero attached hydrogens (tertiary/aromatic N) is 1. The molecule has 1 heteroatoms. The quantitative estimate of drug-likeness (QED) is 0.751. The number of hydrogen-bond acceptors (Lipinski definition) is 1. The van der Waals surface area contributed by atoms with Crippen molar-refractivity contribution >= 4 is 5.57 Å². The molecule has 1 nitrogen and oxygen atoms in total. The van der Waals surface area contributed by atoms with Crippen molar-refractivity contribution in [3.8, 4) is 0 Å². The van der Waals surface area contributed by atoms with Crippen LogP contribution < -0.4 is 0 Å². The Morgan fingerprint density at radius 1 is 1.12 bits per heavy atom. The Morgan fingerprint density at radius 2 is 1.88 bits per heavy atom. The van der Waals surface area contributed by atoms with Gasteiger partial charge in [-0.25, -0.2) is 0 Å². The van der Waals surface area contributed by atoms with Gasteiger partial charge in [-0.15, -0.1) is 0 Å². The second-order valence-corrected chi connectivity index (χ2v) is 4.02. The Kier molecular flexibility index (Phi) is 3.16. The van der Waals surface area contributed by atoms with Crippen molar-refractivity contribution in [3.05, 3.63) is 72.1 Å². The third-order valence-electron chi connectivity index (χ3n) is 2.58. The maximum absolute atomic E-state index is 4.11. The Balaban J connectivity index is 2.14. The van der Waals surface area contributed by atoms with Gasteiger partial charge in [-0.05, 0) is 36.1 Å². The standard InChI is InChI=1S/C15H15N/c1-12(2)15-7-5-13(6-8-15)10-14-4-3-9-16-11-14/h3-9,11H,1,10H2,2H3. The molecule has 0 aliphatic rings. The third kappa shape index (κ3) is 2.57. The van der Waals surface area contributed by atoms with Crippen molar-refractivity contribution in [2.24, 2.45) is 0 Å². The van der Waals surface area contributed by atoms with Gasteiger partial charge in [0.1, 0.15) is 0 Å². The third-order valence-corrected chi connectivity index (χ3v) is 2.58. The first kappa shape index (κ1) is 10.6. The molecule has 80 valence electrons. The van der Waals surface area contributed by atoms with Gasteiger partial charge in [0.25, 0.3) is 0 Å². The van der Waals surface area contributed by atoms with Crippen LogP contribution in [0.2, 0.25) is 0 Å². The Bertz CT molecular complexity index is 469. The highest BCUT2D eigenvalue weighted by Crippen LogP contribution is 2.14. The first-order valence-corrected chi connectivity index (χ1v) is 5.39. The Morgan fingerprint density at radius 3 is 2.44 bits per heavy atom. The summed E-state index contributed by atoms with van der Waals surface area (Å²) in [6.07, 6.45) is 4.64. The van der Waals surface area contributed by atoms with Crippen LogP contribution in [0.25, 0.3) is 5.57 Å². The molecular formula is C15H15N. The largest absolute Gasteiger partial charge is 0.264 e. The van der Waals surface area contributed by atoms with Gasteiger partial charge in [-0.1, -0.05) is 42.5 Å². The molecule has 0 spiro atoms. The molecule has 0 saturated heterocycles. The molecule has 0 unspecified atom stereocenters. The highest BCUT2D eigenvalue weighted by atomic mass is 14.6. The molecule has 1 heterocycles. The topological polar surface area (TPSA) is 12.9 Å². The molecule has 0 amide bonds. The summed E-state index contributed by atoms with van der Waals surface area (Å²) in [6, 6.07) is 12.6. The van der Waals surface area contributed by atoms with Gasteiger partial charge in [0, 0.05) is 12.4 Å². The maximum Gasteiger partial charge on any atom is 0.0303 e. The minimum absolute atomic E-state index is 0.935. The van der Waals surface area contributed by atoms with E-state index in [9.17, 15) is 0 Å². The SMILES string of the molecule is C=C(C)c1ccc(Cc2cccnc2)cc1. The van der Waals surface area contributed by atoms with Crippen molar-refractivity contribution in [3.63, 3.8) is 0 Å². The fraction of sp³-hybridized carbons (Fsp3) is 0.133. The lowest BCUT2D eigenvalue weighted by atomic mass is 10.0. The summed E-state index contributed by atoms with van der Waals surface area (Å²) in [5, 5.41) is 0. The van der Waals surface area contributed by atoms with E-state index >= 15 is 0 Å². The molecule has 0 radical (unpaired) electrons. The van der Waals surface area contributed by atoms with Crippen molar-refractivity contribution < 1.29 is 0 Å².